The lowest BCUT2D eigenvalue weighted by atomic mass is 9.82. The van der Waals surface area contributed by atoms with Crippen molar-refractivity contribution in [2.75, 3.05) is 5.75 Å². The average Bonchev–Trinajstić information content (AvgIpc) is 2.74. The molecular weight excluding hydrogens is 405 g/mol. The highest BCUT2D eigenvalue weighted by atomic mass is 32.2. The molecule has 0 aliphatic heterocycles. The number of hydrogen-bond donors (Lipinski definition) is 0. The van der Waals surface area contributed by atoms with Crippen LogP contribution in [0.3, 0.4) is 0 Å². The van der Waals surface area contributed by atoms with Gasteiger partial charge in [-0.2, -0.15) is 24.9 Å². The molecule has 1 atom stereocenters. The summed E-state index contributed by atoms with van der Waals surface area (Å²) in [5.74, 6) is 3.21. The number of alkyl halides is 3. The van der Waals surface area contributed by atoms with Crippen molar-refractivity contribution < 1.29 is 17.9 Å². The number of hydrogen-bond acceptors (Lipinski definition) is 2. The van der Waals surface area contributed by atoms with Crippen molar-refractivity contribution in [3.8, 4) is 11.5 Å². The van der Waals surface area contributed by atoms with E-state index in [0.717, 1.165) is 40.6 Å². The molecule has 3 rings (SSSR count). The van der Waals surface area contributed by atoms with E-state index < -0.39 is 11.7 Å². The summed E-state index contributed by atoms with van der Waals surface area (Å²) in [6.45, 7) is 4.18. The van der Waals surface area contributed by atoms with Gasteiger partial charge in [0.25, 0.3) is 0 Å². The van der Waals surface area contributed by atoms with Crippen LogP contribution in [-0.4, -0.2) is 5.75 Å². The minimum Gasteiger partial charge on any atom is -0.457 e. The van der Waals surface area contributed by atoms with Crippen molar-refractivity contribution in [2.45, 2.75) is 37.6 Å². The van der Waals surface area contributed by atoms with Gasteiger partial charge < -0.3 is 4.74 Å². The van der Waals surface area contributed by atoms with Crippen LogP contribution in [0.4, 0.5) is 13.2 Å². The van der Waals surface area contributed by atoms with Gasteiger partial charge in [-0.05, 0) is 53.9 Å². The van der Waals surface area contributed by atoms with E-state index in [1.165, 1.54) is 12.1 Å². The fraction of sp³-hybridized carbons (Fsp3) is 0.280. The van der Waals surface area contributed by atoms with Crippen LogP contribution in [0, 0.1) is 0 Å². The molecule has 30 heavy (non-hydrogen) atoms. The first-order chi connectivity index (χ1) is 14.3. The predicted molar refractivity (Wildman–Crippen MR) is 118 cm³/mol. The van der Waals surface area contributed by atoms with Crippen molar-refractivity contribution in [3.63, 3.8) is 0 Å². The lowest BCUT2D eigenvalue weighted by Gasteiger charge is -2.29. The maximum Gasteiger partial charge on any atom is 0.416 e. The molecule has 0 aromatic heterocycles. The van der Waals surface area contributed by atoms with E-state index in [0.29, 0.717) is 0 Å². The van der Waals surface area contributed by atoms with Crippen molar-refractivity contribution in [2.24, 2.45) is 0 Å². The van der Waals surface area contributed by atoms with Crippen LogP contribution in [0.15, 0.2) is 78.9 Å². The van der Waals surface area contributed by atoms with E-state index >= 15 is 0 Å². The van der Waals surface area contributed by atoms with Gasteiger partial charge in [0.15, 0.2) is 0 Å². The molecule has 0 saturated carbocycles. The molecular formula is C25H25F3OS. The Morgan fingerprint density at radius 2 is 1.43 bits per heavy atom. The largest absolute Gasteiger partial charge is 0.457 e. The molecule has 5 heteroatoms. The molecule has 1 nitrogen and oxygen atoms in total. The molecule has 0 heterocycles. The van der Waals surface area contributed by atoms with Gasteiger partial charge in [-0.15, -0.1) is 0 Å². The van der Waals surface area contributed by atoms with Crippen LogP contribution in [0.5, 0.6) is 11.5 Å². The average molecular weight is 431 g/mol. The second-order valence-electron chi connectivity index (χ2n) is 7.54. The van der Waals surface area contributed by atoms with Crippen LogP contribution in [0.1, 0.15) is 37.0 Å². The van der Waals surface area contributed by atoms with E-state index in [9.17, 15) is 13.2 Å². The Balaban J connectivity index is 1.62. The first-order valence-corrected chi connectivity index (χ1v) is 11.0. The van der Waals surface area contributed by atoms with Gasteiger partial charge in [0, 0.05) is 16.9 Å². The first-order valence-electron chi connectivity index (χ1n) is 9.87. The number of halogens is 3. The Labute approximate surface area is 180 Å². The van der Waals surface area contributed by atoms with E-state index in [4.69, 9.17) is 4.74 Å². The Morgan fingerprint density at radius 1 is 0.800 bits per heavy atom. The second-order valence-corrected chi connectivity index (χ2v) is 8.53. The van der Waals surface area contributed by atoms with Gasteiger partial charge in [-0.3, -0.25) is 0 Å². The van der Waals surface area contributed by atoms with Crippen LogP contribution in [-0.2, 0) is 17.3 Å². The molecule has 0 aliphatic carbocycles. The minimum absolute atomic E-state index is 0.188. The Bertz CT molecular complexity index is 939. The third-order valence-electron chi connectivity index (χ3n) is 5.26. The lowest BCUT2D eigenvalue weighted by molar-refractivity contribution is -0.137. The van der Waals surface area contributed by atoms with Crippen molar-refractivity contribution in [3.05, 3.63) is 95.6 Å². The first kappa shape index (κ1) is 22.3. The standard InChI is InChI=1S/C25H25F3OS/c1-3-24(2,20-12-14-21(15-13-20)25(26,27)28)18-30-17-19-8-7-11-23(16-19)29-22-9-5-4-6-10-22/h4-16H,3,17-18H2,1-2H3. The van der Waals surface area contributed by atoms with Crippen molar-refractivity contribution in [1.82, 2.24) is 0 Å². The summed E-state index contributed by atoms with van der Waals surface area (Å²) < 4.78 is 44.4. The van der Waals surface area contributed by atoms with Crippen LogP contribution in [0.2, 0.25) is 0 Å². The molecule has 0 N–H and O–H groups in total. The van der Waals surface area contributed by atoms with Crippen molar-refractivity contribution >= 4 is 11.8 Å². The van der Waals surface area contributed by atoms with E-state index in [1.54, 1.807) is 23.9 Å². The van der Waals surface area contributed by atoms with Gasteiger partial charge in [0.05, 0.1) is 5.56 Å². The predicted octanol–water partition coefficient (Wildman–Crippen LogP) is 8.10. The van der Waals surface area contributed by atoms with Crippen LogP contribution in [0.25, 0.3) is 0 Å². The summed E-state index contributed by atoms with van der Waals surface area (Å²) in [5.41, 5.74) is 1.30. The van der Waals surface area contributed by atoms with Gasteiger partial charge in [-0.25, -0.2) is 0 Å². The van der Waals surface area contributed by atoms with E-state index in [1.807, 2.05) is 48.5 Å². The van der Waals surface area contributed by atoms with Crippen molar-refractivity contribution in [1.29, 1.82) is 0 Å². The molecule has 3 aromatic carbocycles. The topological polar surface area (TPSA) is 9.23 Å². The fourth-order valence-electron chi connectivity index (χ4n) is 3.17. The normalized spacial score (nSPS) is 13.6. The van der Waals surface area contributed by atoms with Gasteiger partial charge in [0.1, 0.15) is 11.5 Å². The van der Waals surface area contributed by atoms with Gasteiger partial charge >= 0.3 is 6.18 Å². The number of rotatable bonds is 8. The zero-order chi connectivity index (χ0) is 21.6. The highest BCUT2D eigenvalue weighted by Gasteiger charge is 2.31. The smallest absolute Gasteiger partial charge is 0.416 e. The molecule has 0 radical (unpaired) electrons. The highest BCUT2D eigenvalue weighted by molar-refractivity contribution is 7.98. The minimum atomic E-state index is -4.30. The molecule has 158 valence electrons. The molecule has 0 amide bonds. The van der Waals surface area contributed by atoms with Gasteiger partial charge in [-0.1, -0.05) is 56.3 Å². The third-order valence-corrected chi connectivity index (χ3v) is 6.63. The maximum atomic E-state index is 12.8. The zero-order valence-corrected chi connectivity index (χ0v) is 17.9. The number of benzene rings is 3. The molecule has 0 fully saturated rings. The lowest BCUT2D eigenvalue weighted by Crippen LogP contribution is -2.24. The Hall–Kier alpha value is -2.40. The fourth-order valence-corrected chi connectivity index (χ4v) is 4.51. The Morgan fingerprint density at radius 3 is 2.07 bits per heavy atom. The quantitative estimate of drug-likeness (QED) is 0.357. The SMILES string of the molecule is CCC(C)(CSCc1cccc(Oc2ccccc2)c1)c1ccc(C(F)(F)F)cc1. The summed E-state index contributed by atoms with van der Waals surface area (Å²) in [5, 5.41) is 0. The molecule has 0 bridgehead atoms. The summed E-state index contributed by atoms with van der Waals surface area (Å²) in [6.07, 6.45) is -3.45. The summed E-state index contributed by atoms with van der Waals surface area (Å²) in [6, 6.07) is 23.2. The molecule has 1 unspecified atom stereocenters. The molecule has 0 aliphatic rings. The van der Waals surface area contributed by atoms with Crippen LogP contribution >= 0.6 is 11.8 Å². The maximum absolute atomic E-state index is 12.8. The Kier molecular flexibility index (Phi) is 7.14. The molecule has 3 aromatic rings. The third kappa shape index (κ3) is 5.82. The summed E-state index contributed by atoms with van der Waals surface area (Å²) in [7, 11) is 0. The van der Waals surface area contributed by atoms with Gasteiger partial charge in [0.2, 0.25) is 0 Å². The summed E-state index contributed by atoms with van der Waals surface area (Å²) in [4.78, 5) is 0. The monoisotopic (exact) mass is 430 g/mol. The number of para-hydroxylation sites is 1. The molecule has 0 spiro atoms. The number of ether oxygens (including phenoxy) is 1. The molecule has 0 saturated heterocycles. The van der Waals surface area contributed by atoms with E-state index in [-0.39, 0.29) is 5.41 Å². The summed E-state index contributed by atoms with van der Waals surface area (Å²) >= 11 is 1.78. The highest BCUT2D eigenvalue weighted by Crippen LogP contribution is 2.35. The zero-order valence-electron chi connectivity index (χ0n) is 17.1. The van der Waals surface area contributed by atoms with E-state index in [2.05, 4.69) is 19.9 Å². The van der Waals surface area contributed by atoms with Crippen LogP contribution < -0.4 is 4.74 Å². The number of thioether (sulfide) groups is 1. The second kappa shape index (κ2) is 9.61.